The van der Waals surface area contributed by atoms with Crippen LogP contribution in [0.1, 0.15) is 16.7 Å². The summed E-state index contributed by atoms with van der Waals surface area (Å²) >= 11 is 3.56. The van der Waals surface area contributed by atoms with Crippen LogP contribution in [0.5, 0.6) is 11.5 Å². The van der Waals surface area contributed by atoms with Gasteiger partial charge < -0.3 is 20.6 Å². The average Bonchev–Trinajstić information content (AvgIpc) is 3.04. The molecule has 0 bridgehead atoms. The molecule has 0 radical (unpaired) electrons. The third kappa shape index (κ3) is 4.05. The van der Waals surface area contributed by atoms with Crippen molar-refractivity contribution in [2.45, 2.75) is 20.1 Å². The van der Waals surface area contributed by atoms with Gasteiger partial charge in [0.05, 0.1) is 13.7 Å². The van der Waals surface area contributed by atoms with Gasteiger partial charge in [-0.2, -0.15) is 0 Å². The first-order valence-corrected chi connectivity index (χ1v) is 8.69. The molecule has 26 heavy (non-hydrogen) atoms. The van der Waals surface area contributed by atoms with Gasteiger partial charge in [0, 0.05) is 10.0 Å². The molecule has 136 valence electrons. The summed E-state index contributed by atoms with van der Waals surface area (Å²) in [4.78, 5) is 1.30. The largest absolute Gasteiger partial charge is 0.493 e. The van der Waals surface area contributed by atoms with E-state index in [0.29, 0.717) is 24.7 Å². The van der Waals surface area contributed by atoms with Crippen molar-refractivity contribution in [3.63, 3.8) is 0 Å². The van der Waals surface area contributed by atoms with E-state index in [-0.39, 0.29) is 5.95 Å². The molecule has 0 aliphatic carbocycles. The Hall–Kier alpha value is -2.81. The summed E-state index contributed by atoms with van der Waals surface area (Å²) in [6.07, 6.45) is 0. The van der Waals surface area contributed by atoms with Crippen molar-refractivity contribution in [2.75, 3.05) is 18.3 Å². The standard InChI is InChI=1S/C17H19BrN6O2/c1-11-4-3-5-12(8-11)10-26-16-13(14(18)6-7-15(16)25-2)9-20-24-17(19)21-22-23-24/h3-8,20H,9-10H2,1-2H3,(H2,19,21,23). The quantitative estimate of drug-likeness (QED) is 0.607. The summed E-state index contributed by atoms with van der Waals surface area (Å²) in [5, 5.41) is 10.9. The van der Waals surface area contributed by atoms with Crippen molar-refractivity contribution in [1.29, 1.82) is 0 Å². The molecular weight excluding hydrogens is 400 g/mol. The first kappa shape index (κ1) is 18.0. The van der Waals surface area contributed by atoms with Crippen LogP contribution in [-0.2, 0) is 13.2 Å². The monoisotopic (exact) mass is 418 g/mol. The van der Waals surface area contributed by atoms with Crippen molar-refractivity contribution < 1.29 is 9.47 Å². The Labute approximate surface area is 159 Å². The molecule has 2 aromatic carbocycles. The maximum absolute atomic E-state index is 6.09. The van der Waals surface area contributed by atoms with Crippen molar-refractivity contribution in [2.24, 2.45) is 0 Å². The number of anilines is 1. The van der Waals surface area contributed by atoms with E-state index in [2.05, 4.69) is 55.9 Å². The molecule has 0 aliphatic rings. The molecule has 3 rings (SSSR count). The maximum atomic E-state index is 6.09. The Morgan fingerprint density at radius 3 is 2.81 bits per heavy atom. The Morgan fingerprint density at radius 2 is 2.12 bits per heavy atom. The van der Waals surface area contributed by atoms with E-state index in [1.165, 1.54) is 10.4 Å². The second-order valence-electron chi connectivity index (χ2n) is 5.62. The molecule has 0 spiro atoms. The van der Waals surface area contributed by atoms with Gasteiger partial charge in [0.2, 0.25) is 0 Å². The van der Waals surface area contributed by atoms with Gasteiger partial charge in [-0.15, -0.1) is 4.79 Å². The maximum Gasteiger partial charge on any atom is 0.260 e. The lowest BCUT2D eigenvalue weighted by atomic mass is 10.1. The molecule has 9 heteroatoms. The van der Waals surface area contributed by atoms with Crippen molar-refractivity contribution in [1.82, 2.24) is 20.3 Å². The third-order valence-electron chi connectivity index (χ3n) is 3.75. The number of nitrogen functional groups attached to an aromatic ring is 1. The fourth-order valence-electron chi connectivity index (χ4n) is 2.48. The summed E-state index contributed by atoms with van der Waals surface area (Å²) in [7, 11) is 1.61. The lowest BCUT2D eigenvalue weighted by Crippen LogP contribution is -2.19. The van der Waals surface area contributed by atoms with E-state index < -0.39 is 0 Å². The Bertz CT molecular complexity index is 899. The van der Waals surface area contributed by atoms with Crippen LogP contribution in [0, 0.1) is 6.92 Å². The zero-order valence-electron chi connectivity index (χ0n) is 14.4. The number of hydrogen-bond acceptors (Lipinski definition) is 7. The minimum atomic E-state index is 0.172. The Kier molecular flexibility index (Phi) is 5.57. The van der Waals surface area contributed by atoms with Gasteiger partial charge >= 0.3 is 0 Å². The van der Waals surface area contributed by atoms with Crippen molar-refractivity contribution in [3.05, 3.63) is 57.6 Å². The SMILES string of the molecule is COc1ccc(Br)c(CNn2nnnc2N)c1OCc1cccc(C)c1. The summed E-state index contributed by atoms with van der Waals surface area (Å²) in [5.74, 6) is 1.45. The molecule has 3 aromatic rings. The van der Waals surface area contributed by atoms with E-state index in [1.807, 2.05) is 24.3 Å². The topological polar surface area (TPSA) is 100 Å². The number of aryl methyl sites for hydroxylation is 1. The predicted octanol–water partition coefficient (Wildman–Crippen LogP) is 2.66. The highest BCUT2D eigenvalue weighted by atomic mass is 79.9. The minimum absolute atomic E-state index is 0.172. The molecule has 0 atom stereocenters. The predicted molar refractivity (Wildman–Crippen MR) is 101 cm³/mol. The number of methoxy groups -OCH3 is 1. The van der Waals surface area contributed by atoms with Crippen LogP contribution >= 0.6 is 15.9 Å². The summed E-state index contributed by atoms with van der Waals surface area (Å²) < 4.78 is 12.4. The van der Waals surface area contributed by atoms with Crippen LogP contribution in [0.4, 0.5) is 5.95 Å². The Morgan fingerprint density at radius 1 is 1.27 bits per heavy atom. The molecule has 0 aliphatic heterocycles. The van der Waals surface area contributed by atoms with E-state index in [4.69, 9.17) is 15.2 Å². The number of tetrazole rings is 1. The van der Waals surface area contributed by atoms with Crippen LogP contribution in [0.2, 0.25) is 0 Å². The normalized spacial score (nSPS) is 10.6. The van der Waals surface area contributed by atoms with E-state index in [9.17, 15) is 0 Å². The number of nitrogens with two attached hydrogens (primary N) is 1. The van der Waals surface area contributed by atoms with Gasteiger partial charge in [0.1, 0.15) is 6.61 Å². The molecule has 1 heterocycles. The molecule has 0 unspecified atom stereocenters. The van der Waals surface area contributed by atoms with Gasteiger partial charge in [0.25, 0.3) is 5.95 Å². The van der Waals surface area contributed by atoms with Crippen LogP contribution in [0.25, 0.3) is 0 Å². The van der Waals surface area contributed by atoms with Gasteiger partial charge in [-0.3, -0.25) is 0 Å². The van der Waals surface area contributed by atoms with E-state index in [1.54, 1.807) is 7.11 Å². The van der Waals surface area contributed by atoms with Crippen molar-refractivity contribution in [3.8, 4) is 11.5 Å². The summed E-state index contributed by atoms with van der Waals surface area (Å²) in [5.41, 5.74) is 11.9. The lowest BCUT2D eigenvalue weighted by molar-refractivity contribution is 0.281. The summed E-state index contributed by atoms with van der Waals surface area (Å²) in [6, 6.07) is 11.9. The van der Waals surface area contributed by atoms with Crippen LogP contribution in [-0.4, -0.2) is 27.4 Å². The van der Waals surface area contributed by atoms with Gasteiger partial charge in [-0.1, -0.05) is 50.9 Å². The number of rotatable bonds is 7. The van der Waals surface area contributed by atoms with Crippen molar-refractivity contribution >= 4 is 21.9 Å². The highest BCUT2D eigenvalue weighted by Gasteiger charge is 2.15. The number of benzene rings is 2. The second-order valence-corrected chi connectivity index (χ2v) is 6.47. The molecule has 1 aromatic heterocycles. The third-order valence-corrected chi connectivity index (χ3v) is 4.49. The first-order chi connectivity index (χ1) is 12.6. The smallest absolute Gasteiger partial charge is 0.260 e. The average molecular weight is 419 g/mol. The van der Waals surface area contributed by atoms with Gasteiger partial charge in [0.15, 0.2) is 11.5 Å². The Balaban J connectivity index is 1.84. The number of aromatic nitrogens is 4. The molecule has 3 N–H and O–H groups in total. The van der Waals surface area contributed by atoms with E-state index >= 15 is 0 Å². The molecule has 8 nitrogen and oxygen atoms in total. The molecule has 0 saturated heterocycles. The minimum Gasteiger partial charge on any atom is -0.493 e. The lowest BCUT2D eigenvalue weighted by Gasteiger charge is -2.17. The highest BCUT2D eigenvalue weighted by molar-refractivity contribution is 9.10. The number of halogens is 1. The summed E-state index contributed by atoms with van der Waals surface area (Å²) in [6.45, 7) is 2.86. The number of ether oxygens (including phenoxy) is 2. The first-order valence-electron chi connectivity index (χ1n) is 7.90. The van der Waals surface area contributed by atoms with Crippen LogP contribution in [0.3, 0.4) is 0 Å². The zero-order valence-corrected chi connectivity index (χ0v) is 16.0. The number of hydrogen-bond donors (Lipinski definition) is 2. The zero-order chi connectivity index (χ0) is 18.5. The van der Waals surface area contributed by atoms with Gasteiger partial charge in [-0.25, -0.2) is 0 Å². The molecule has 0 amide bonds. The molecular formula is C17H19BrN6O2. The van der Waals surface area contributed by atoms with Gasteiger partial charge in [-0.05, 0) is 35.0 Å². The highest BCUT2D eigenvalue weighted by Crippen LogP contribution is 2.37. The molecule has 0 saturated carbocycles. The number of nitrogens with one attached hydrogen (secondary N) is 1. The fourth-order valence-corrected chi connectivity index (χ4v) is 2.94. The van der Waals surface area contributed by atoms with Crippen LogP contribution < -0.4 is 20.6 Å². The van der Waals surface area contributed by atoms with Crippen LogP contribution in [0.15, 0.2) is 40.9 Å². The molecule has 0 fully saturated rings. The fraction of sp³-hybridized carbons (Fsp3) is 0.235. The second kappa shape index (κ2) is 8.05. The number of nitrogens with zero attached hydrogens (tertiary/aromatic N) is 4. The van der Waals surface area contributed by atoms with E-state index in [0.717, 1.165) is 15.6 Å².